The summed E-state index contributed by atoms with van der Waals surface area (Å²) in [5.41, 5.74) is 4.87. The Kier molecular flexibility index (Phi) is 4.48. The Morgan fingerprint density at radius 1 is 1.30 bits per heavy atom. The molecule has 4 nitrogen and oxygen atoms in total. The first kappa shape index (κ1) is 17.2. The molecule has 0 aliphatic heterocycles. The van der Waals surface area contributed by atoms with Crippen LogP contribution in [0.3, 0.4) is 0 Å². The van der Waals surface area contributed by atoms with Crippen molar-refractivity contribution in [2.45, 2.75) is 51.4 Å². The molecule has 1 aromatic carbocycles. The maximum absolute atomic E-state index is 12.3. The van der Waals surface area contributed by atoms with Gasteiger partial charge in [0.25, 0.3) is 0 Å². The van der Waals surface area contributed by atoms with Gasteiger partial charge in [-0.2, -0.15) is 0 Å². The average molecular weight is 504 g/mol. The topological polar surface area (TPSA) is 58.2 Å². The molecule has 0 aromatic heterocycles. The van der Waals surface area contributed by atoms with E-state index in [4.69, 9.17) is 0 Å². The first-order valence-electron chi connectivity index (χ1n) is 8.12. The number of amides is 2. The Hall–Kier alpha value is -0.672. The summed E-state index contributed by atoms with van der Waals surface area (Å²) in [5, 5.41) is 3.04. The third-order valence-electron chi connectivity index (χ3n) is 5.09. The van der Waals surface area contributed by atoms with Crippen LogP contribution in [0.4, 0.5) is 10.5 Å². The number of nitrogens with one attached hydrogen (secondary N) is 2. The second kappa shape index (κ2) is 6.00. The molecule has 1 unspecified atom stereocenters. The van der Waals surface area contributed by atoms with Gasteiger partial charge in [0.1, 0.15) is 0 Å². The van der Waals surface area contributed by atoms with Gasteiger partial charge in [-0.3, -0.25) is 0 Å². The van der Waals surface area contributed by atoms with E-state index in [2.05, 4.69) is 36.0 Å². The summed E-state index contributed by atoms with van der Waals surface area (Å²) in [5.74, 6) is 0.691. The molecule has 126 valence electrons. The standard InChI is InChI=1S/C17H24N2O2S.W/c1-17(2,12-8-9-12)14-10-7-11-5-4-6-13(11)15(14)18-16(20)19-22(3)21;/h7,10,12H,4-6,8-9H2,1-3H3,(H2,18,19,20);. The number of rotatable bonds is 4. The molecule has 1 fully saturated rings. The Bertz CT molecular complexity index is 752. The van der Waals surface area contributed by atoms with E-state index in [9.17, 15) is 9.00 Å². The summed E-state index contributed by atoms with van der Waals surface area (Å²) in [6, 6.07) is 4.08. The summed E-state index contributed by atoms with van der Waals surface area (Å²) in [7, 11) is -2.24. The van der Waals surface area contributed by atoms with Crippen molar-refractivity contribution in [3.63, 3.8) is 0 Å². The van der Waals surface area contributed by atoms with E-state index in [1.807, 2.05) is 0 Å². The zero-order valence-corrected chi connectivity index (χ0v) is 17.7. The van der Waals surface area contributed by atoms with Crippen LogP contribution in [0.1, 0.15) is 49.8 Å². The van der Waals surface area contributed by atoms with Crippen LogP contribution in [0.2, 0.25) is 0 Å². The molecule has 3 rings (SSSR count). The van der Waals surface area contributed by atoms with Crippen LogP contribution in [0.25, 0.3) is 0 Å². The molecule has 2 aliphatic rings. The van der Waals surface area contributed by atoms with Crippen LogP contribution >= 0.6 is 0 Å². The Labute approximate surface area is 148 Å². The quantitative estimate of drug-likeness (QED) is 0.662. The number of carbonyl (C=O) groups excluding carboxylic acids is 1. The number of anilines is 1. The SMILES string of the molecule is CC(C)(c1ccc2c(c1NC(=O)N[S](C)(=O)=[W])CCC2)C1CC1. The van der Waals surface area contributed by atoms with Gasteiger partial charge in [0, 0.05) is 0 Å². The van der Waals surface area contributed by atoms with Gasteiger partial charge in [-0.15, -0.1) is 0 Å². The van der Waals surface area contributed by atoms with E-state index in [1.54, 1.807) is 6.26 Å². The third kappa shape index (κ3) is 3.71. The summed E-state index contributed by atoms with van der Waals surface area (Å²) in [6.07, 6.45) is 7.33. The first-order valence-corrected chi connectivity index (χ1v) is 13.6. The number of carbonyl (C=O) groups is 1. The van der Waals surface area contributed by atoms with Crippen LogP contribution in [0.5, 0.6) is 0 Å². The minimum atomic E-state index is -2.24. The molecule has 2 N–H and O–H groups in total. The molecule has 23 heavy (non-hydrogen) atoms. The van der Waals surface area contributed by atoms with E-state index in [0.717, 1.165) is 42.9 Å². The Morgan fingerprint density at radius 3 is 2.61 bits per heavy atom. The number of urea groups is 1. The van der Waals surface area contributed by atoms with Crippen molar-refractivity contribution >= 4 is 19.0 Å². The van der Waals surface area contributed by atoms with Crippen molar-refractivity contribution in [3.8, 4) is 0 Å². The van der Waals surface area contributed by atoms with Crippen molar-refractivity contribution in [2.24, 2.45) is 5.92 Å². The fourth-order valence-corrected chi connectivity index (χ4v) is 4.88. The molecule has 0 radical (unpaired) electrons. The molecule has 0 saturated heterocycles. The van der Waals surface area contributed by atoms with E-state index in [-0.39, 0.29) is 11.4 Å². The molecule has 0 bridgehead atoms. The van der Waals surface area contributed by atoms with Gasteiger partial charge in [0.05, 0.1) is 0 Å². The van der Waals surface area contributed by atoms with E-state index in [0.29, 0.717) is 5.92 Å². The summed E-state index contributed by atoms with van der Waals surface area (Å²) in [4.78, 5) is 12.3. The van der Waals surface area contributed by atoms with Crippen LogP contribution in [-0.4, -0.2) is 16.5 Å². The average Bonchev–Trinajstić information content (AvgIpc) is 3.16. The minimum absolute atomic E-state index is 0.0608. The second-order valence-electron chi connectivity index (χ2n) is 7.30. The van der Waals surface area contributed by atoms with Gasteiger partial charge in [-0.25, -0.2) is 0 Å². The fraction of sp³-hybridized carbons (Fsp3) is 0.588. The van der Waals surface area contributed by atoms with Crippen molar-refractivity contribution < 1.29 is 27.0 Å². The van der Waals surface area contributed by atoms with Gasteiger partial charge < -0.3 is 0 Å². The number of hydrogen-bond acceptors (Lipinski definition) is 2. The summed E-state index contributed by atoms with van der Waals surface area (Å²) in [6.45, 7) is 4.55. The molecule has 1 atom stereocenters. The monoisotopic (exact) mass is 504 g/mol. The Balaban J connectivity index is 1.99. The van der Waals surface area contributed by atoms with Gasteiger partial charge in [-0.1, -0.05) is 0 Å². The number of benzene rings is 1. The Morgan fingerprint density at radius 2 is 2.00 bits per heavy atom. The second-order valence-corrected chi connectivity index (χ2v) is 15.9. The molecular weight excluding hydrogens is 480 g/mol. The van der Waals surface area contributed by atoms with Gasteiger partial charge >= 0.3 is 148 Å². The van der Waals surface area contributed by atoms with Gasteiger partial charge in [-0.05, 0) is 0 Å². The molecular formula is C17H24N2O2SW. The summed E-state index contributed by atoms with van der Waals surface area (Å²) >= 11 is 0.888. The maximum atomic E-state index is 12.3. The predicted octanol–water partition coefficient (Wildman–Crippen LogP) is 3.28. The first-order chi connectivity index (χ1) is 10.7. The van der Waals surface area contributed by atoms with Gasteiger partial charge in [0.15, 0.2) is 0 Å². The molecule has 1 aromatic rings. The van der Waals surface area contributed by atoms with E-state index < -0.39 is 7.31 Å². The van der Waals surface area contributed by atoms with Crippen LogP contribution in [0.15, 0.2) is 12.1 Å². The molecule has 6 heteroatoms. The summed E-state index contributed by atoms with van der Waals surface area (Å²) < 4.78 is 14.5. The number of fused-ring (bicyclic) bond motifs is 1. The zero-order valence-electron chi connectivity index (χ0n) is 13.9. The normalized spacial score (nSPS) is 19.8. The molecule has 0 heterocycles. The predicted molar refractivity (Wildman–Crippen MR) is 90.4 cm³/mol. The third-order valence-corrected chi connectivity index (χ3v) is 6.55. The molecule has 1 saturated carbocycles. The molecule has 0 spiro atoms. The van der Waals surface area contributed by atoms with Gasteiger partial charge in [0.2, 0.25) is 0 Å². The van der Waals surface area contributed by atoms with Crippen molar-refractivity contribution in [3.05, 3.63) is 28.8 Å². The van der Waals surface area contributed by atoms with Crippen LogP contribution in [-0.2, 0) is 43.6 Å². The van der Waals surface area contributed by atoms with Crippen molar-refractivity contribution in [1.29, 1.82) is 0 Å². The number of aryl methyl sites for hydroxylation is 1. The fourth-order valence-electron chi connectivity index (χ4n) is 3.68. The van der Waals surface area contributed by atoms with E-state index >= 15 is 0 Å². The van der Waals surface area contributed by atoms with Crippen LogP contribution < -0.4 is 10.0 Å². The van der Waals surface area contributed by atoms with Crippen LogP contribution in [0, 0.1) is 5.92 Å². The van der Waals surface area contributed by atoms with Crippen molar-refractivity contribution in [1.82, 2.24) is 4.72 Å². The van der Waals surface area contributed by atoms with Crippen molar-refractivity contribution in [2.75, 3.05) is 11.6 Å². The number of hydrogen-bond donors (Lipinski definition) is 2. The zero-order chi connectivity index (χ0) is 16.8. The molecule has 2 amide bonds. The van der Waals surface area contributed by atoms with E-state index in [1.165, 1.54) is 29.5 Å². The molecule has 2 aliphatic carbocycles.